The van der Waals surface area contributed by atoms with Crippen LogP contribution in [0.3, 0.4) is 0 Å². The number of H-pyrrole nitrogens is 2. The zero-order valence-corrected chi connectivity index (χ0v) is 11.7. The van der Waals surface area contributed by atoms with Gasteiger partial charge in [-0.3, -0.25) is 19.9 Å². The molecule has 0 aliphatic rings. The lowest BCUT2D eigenvalue weighted by atomic mass is 10.1. The van der Waals surface area contributed by atoms with Crippen LogP contribution in [0.25, 0.3) is 12.2 Å². The summed E-state index contributed by atoms with van der Waals surface area (Å²) in [6, 6.07) is 9.50. The van der Waals surface area contributed by atoms with E-state index in [1.54, 1.807) is 13.0 Å². The molecular weight excluding hydrogens is 286 g/mol. The first-order valence-electron chi connectivity index (χ1n) is 6.40. The molecule has 2 rings (SSSR count). The molecule has 22 heavy (non-hydrogen) atoms. The number of nitrogens with one attached hydrogen (secondary N) is 2. The first kappa shape index (κ1) is 15.2. The zero-order valence-electron chi connectivity index (χ0n) is 11.7. The van der Waals surface area contributed by atoms with Gasteiger partial charge in [-0.05, 0) is 18.6 Å². The summed E-state index contributed by atoms with van der Waals surface area (Å²) >= 11 is 0. The maximum atomic E-state index is 11.5. The van der Waals surface area contributed by atoms with Gasteiger partial charge in [-0.25, -0.2) is 4.79 Å². The third kappa shape index (κ3) is 3.66. The largest absolute Gasteiger partial charge is 0.357 e. The van der Waals surface area contributed by atoms with Crippen LogP contribution in [0.1, 0.15) is 18.2 Å². The fraction of sp³-hybridized carbons (Fsp3) is 0.0667. The van der Waals surface area contributed by atoms with Gasteiger partial charge >= 0.3 is 16.9 Å². The fourth-order valence-electron chi connectivity index (χ4n) is 1.87. The molecule has 0 bridgehead atoms. The number of nitro groups is 1. The molecule has 1 aromatic heterocycles. The second kappa shape index (κ2) is 6.49. The van der Waals surface area contributed by atoms with Gasteiger partial charge in [0.05, 0.1) is 4.92 Å². The summed E-state index contributed by atoms with van der Waals surface area (Å²) in [5.74, 6) is 0. The number of aromatic nitrogens is 2. The normalized spacial score (nSPS) is 11.8. The molecule has 1 heterocycles. The maximum Gasteiger partial charge on any atom is 0.357 e. The molecule has 7 nitrogen and oxygen atoms in total. The number of nitrogens with zero attached hydrogens (tertiary/aromatic N) is 1. The highest BCUT2D eigenvalue weighted by atomic mass is 16.6. The van der Waals surface area contributed by atoms with E-state index in [1.165, 1.54) is 6.08 Å². The van der Waals surface area contributed by atoms with Crippen LogP contribution in [0.2, 0.25) is 0 Å². The van der Waals surface area contributed by atoms with Gasteiger partial charge in [0, 0.05) is 0 Å². The molecule has 1 aromatic carbocycles. The smallest absolute Gasteiger partial charge is 0.301 e. The summed E-state index contributed by atoms with van der Waals surface area (Å²) in [6.45, 7) is 1.81. The second-order valence-corrected chi connectivity index (χ2v) is 4.56. The molecule has 0 atom stereocenters. The lowest BCUT2D eigenvalue weighted by Crippen LogP contribution is -2.25. The monoisotopic (exact) mass is 299 g/mol. The highest BCUT2D eigenvalue weighted by molar-refractivity contribution is 5.62. The van der Waals surface area contributed by atoms with Crippen molar-refractivity contribution in [1.29, 1.82) is 0 Å². The molecule has 0 spiro atoms. The van der Waals surface area contributed by atoms with E-state index in [2.05, 4.69) is 4.98 Å². The SMILES string of the molecule is CC(C=Cc1[nH]c(=O)[nH]c(=O)c1[N+](=O)[O-])=Cc1ccccc1. The van der Waals surface area contributed by atoms with Crippen molar-refractivity contribution in [3.63, 3.8) is 0 Å². The Morgan fingerprint density at radius 2 is 1.86 bits per heavy atom. The number of allylic oxidation sites excluding steroid dienone is 2. The van der Waals surface area contributed by atoms with Crippen LogP contribution < -0.4 is 11.2 Å². The quantitative estimate of drug-likeness (QED) is 0.511. The summed E-state index contributed by atoms with van der Waals surface area (Å²) in [5, 5.41) is 10.9. The van der Waals surface area contributed by atoms with E-state index in [-0.39, 0.29) is 5.69 Å². The van der Waals surface area contributed by atoms with Gasteiger partial charge in [-0.2, -0.15) is 0 Å². The topological polar surface area (TPSA) is 109 Å². The van der Waals surface area contributed by atoms with Crippen molar-refractivity contribution < 1.29 is 4.92 Å². The minimum absolute atomic E-state index is 0.139. The average molecular weight is 299 g/mol. The number of rotatable bonds is 4. The molecule has 2 aromatic rings. The number of aromatic amines is 2. The lowest BCUT2D eigenvalue weighted by Gasteiger charge is -1.97. The minimum Gasteiger partial charge on any atom is -0.301 e. The summed E-state index contributed by atoms with van der Waals surface area (Å²) < 4.78 is 0. The van der Waals surface area contributed by atoms with E-state index < -0.39 is 21.9 Å². The van der Waals surface area contributed by atoms with Crippen LogP contribution in [0, 0.1) is 10.1 Å². The number of benzene rings is 1. The molecule has 7 heteroatoms. The van der Waals surface area contributed by atoms with Crippen LogP contribution in [0.4, 0.5) is 5.69 Å². The van der Waals surface area contributed by atoms with Crippen LogP contribution in [0.5, 0.6) is 0 Å². The van der Waals surface area contributed by atoms with Crippen molar-refractivity contribution in [2.24, 2.45) is 0 Å². The highest BCUT2D eigenvalue weighted by Crippen LogP contribution is 2.13. The minimum atomic E-state index is -1.03. The summed E-state index contributed by atoms with van der Waals surface area (Å²) in [4.78, 5) is 36.9. The lowest BCUT2D eigenvalue weighted by molar-refractivity contribution is -0.386. The Kier molecular flexibility index (Phi) is 4.47. The zero-order chi connectivity index (χ0) is 16.1. The average Bonchev–Trinajstić information content (AvgIpc) is 2.45. The molecule has 0 aliphatic heterocycles. The van der Waals surface area contributed by atoms with Gasteiger partial charge in [0.2, 0.25) is 0 Å². The van der Waals surface area contributed by atoms with Gasteiger partial charge < -0.3 is 4.98 Å². The van der Waals surface area contributed by atoms with Gasteiger partial charge in [0.1, 0.15) is 5.69 Å². The van der Waals surface area contributed by atoms with Crippen molar-refractivity contribution in [1.82, 2.24) is 9.97 Å². The molecule has 0 amide bonds. The van der Waals surface area contributed by atoms with Gasteiger partial charge in [0.15, 0.2) is 0 Å². The Balaban J connectivity index is 2.38. The first-order valence-corrected chi connectivity index (χ1v) is 6.40. The van der Waals surface area contributed by atoms with Crippen LogP contribution >= 0.6 is 0 Å². The molecular formula is C15H13N3O4. The first-order chi connectivity index (χ1) is 10.5. The molecule has 0 unspecified atom stereocenters. The van der Waals surface area contributed by atoms with Crippen molar-refractivity contribution in [2.75, 3.05) is 0 Å². The predicted octanol–water partition coefficient (Wildman–Crippen LogP) is 2.09. The summed E-state index contributed by atoms with van der Waals surface area (Å²) in [7, 11) is 0. The molecule has 0 radical (unpaired) electrons. The Labute approximate surface area is 124 Å². The van der Waals surface area contributed by atoms with Gasteiger partial charge in [0.25, 0.3) is 0 Å². The van der Waals surface area contributed by atoms with Crippen LogP contribution in [-0.2, 0) is 0 Å². The molecule has 0 saturated carbocycles. The standard InChI is InChI=1S/C15H13N3O4/c1-10(9-11-5-3-2-4-6-11)7-8-12-13(18(21)22)14(19)17-15(20)16-12/h2-9H,1H3,(H2,16,17,19,20). The molecule has 0 saturated heterocycles. The number of hydrogen-bond acceptors (Lipinski definition) is 4. The van der Waals surface area contributed by atoms with Crippen LogP contribution in [-0.4, -0.2) is 14.9 Å². The van der Waals surface area contributed by atoms with E-state index in [0.29, 0.717) is 0 Å². The summed E-state index contributed by atoms with van der Waals surface area (Å²) in [6.07, 6.45) is 4.79. The van der Waals surface area contributed by atoms with E-state index in [4.69, 9.17) is 0 Å². The van der Waals surface area contributed by atoms with E-state index >= 15 is 0 Å². The summed E-state index contributed by atoms with van der Waals surface area (Å²) in [5.41, 5.74) is -0.874. The van der Waals surface area contributed by atoms with Gasteiger partial charge in [-0.1, -0.05) is 48.1 Å². The van der Waals surface area contributed by atoms with E-state index in [1.807, 2.05) is 41.4 Å². The third-order valence-electron chi connectivity index (χ3n) is 2.83. The Bertz CT molecular complexity index is 860. The highest BCUT2D eigenvalue weighted by Gasteiger charge is 2.18. The predicted molar refractivity (Wildman–Crippen MR) is 83.5 cm³/mol. The molecule has 0 fully saturated rings. The molecule has 0 aliphatic carbocycles. The van der Waals surface area contributed by atoms with E-state index in [0.717, 1.165) is 11.1 Å². The molecule has 2 N–H and O–H groups in total. The van der Waals surface area contributed by atoms with Gasteiger partial charge in [-0.15, -0.1) is 0 Å². The van der Waals surface area contributed by atoms with Crippen LogP contribution in [0.15, 0.2) is 51.6 Å². The molecule has 112 valence electrons. The van der Waals surface area contributed by atoms with Crippen molar-refractivity contribution in [3.8, 4) is 0 Å². The number of hydrogen-bond donors (Lipinski definition) is 2. The second-order valence-electron chi connectivity index (χ2n) is 4.56. The Hall–Kier alpha value is -3.22. The van der Waals surface area contributed by atoms with E-state index in [9.17, 15) is 19.7 Å². The Morgan fingerprint density at radius 3 is 2.50 bits per heavy atom. The maximum absolute atomic E-state index is 11.5. The Morgan fingerprint density at radius 1 is 1.18 bits per heavy atom. The van der Waals surface area contributed by atoms with Crippen molar-refractivity contribution in [3.05, 3.63) is 84.2 Å². The van der Waals surface area contributed by atoms with Crippen molar-refractivity contribution >= 4 is 17.8 Å². The van der Waals surface area contributed by atoms with Crippen molar-refractivity contribution in [2.45, 2.75) is 6.92 Å². The fourth-order valence-corrected chi connectivity index (χ4v) is 1.87. The third-order valence-corrected chi connectivity index (χ3v) is 2.83.